The van der Waals surface area contributed by atoms with Gasteiger partial charge in [0, 0.05) is 32.3 Å². The van der Waals surface area contributed by atoms with Crippen molar-refractivity contribution in [3.63, 3.8) is 0 Å². The Morgan fingerprint density at radius 3 is 1.78 bits per heavy atom. The Labute approximate surface area is 204 Å². The van der Waals surface area contributed by atoms with E-state index in [0.29, 0.717) is 0 Å². The van der Waals surface area contributed by atoms with Gasteiger partial charge in [0.25, 0.3) is 0 Å². The van der Waals surface area contributed by atoms with E-state index < -0.39 is 7.81 Å². The van der Waals surface area contributed by atoms with Crippen LogP contribution >= 0.6 is 19.1 Å². The van der Waals surface area contributed by atoms with Crippen molar-refractivity contribution in [1.29, 1.82) is 0 Å². The zero-order chi connectivity index (χ0) is 25.4. The number of pyridine rings is 2. The van der Waals surface area contributed by atoms with Crippen LogP contribution in [0.3, 0.4) is 0 Å². The van der Waals surface area contributed by atoms with Crippen molar-refractivity contribution in [2.75, 3.05) is 0 Å². The molecule has 0 unspecified atom stereocenters. The fourth-order valence-electron chi connectivity index (χ4n) is 4.82. The maximum atomic E-state index is 9.87. The summed E-state index contributed by atoms with van der Waals surface area (Å²) in [5.41, 5.74) is 1.31. The quantitative estimate of drug-likeness (QED) is 0.0793. The average molecular weight is 531 g/mol. The van der Waals surface area contributed by atoms with Gasteiger partial charge in [0.2, 0.25) is 5.52 Å². The number of nitrogens with zero attached hydrogens (tertiary/aromatic N) is 1. The van der Waals surface area contributed by atoms with Crippen molar-refractivity contribution in [2.45, 2.75) is 0 Å². The van der Waals surface area contributed by atoms with Gasteiger partial charge < -0.3 is 0 Å². The van der Waals surface area contributed by atoms with Gasteiger partial charge >= 0.3 is 33.0 Å². The van der Waals surface area contributed by atoms with Gasteiger partial charge in [-0.25, -0.2) is 0 Å². The number of benzene rings is 4. The topological polar surface area (TPSA) is 4.10 Å². The summed E-state index contributed by atoms with van der Waals surface area (Å²) in [6.07, 6.45) is 4.40. The molecular weight excluding hydrogens is 515 g/mol. The minimum absolute atomic E-state index is 1.29. The molecule has 0 spiro atoms. The van der Waals surface area contributed by atoms with Gasteiger partial charge in [0.05, 0.1) is 10.8 Å². The molecule has 0 aliphatic rings. The van der Waals surface area contributed by atoms with E-state index in [4.69, 9.17) is 0 Å². The third-order valence-corrected chi connectivity index (χ3v) is 7.23. The summed E-state index contributed by atoms with van der Waals surface area (Å²) in [7, 11) is -10.7. The molecule has 1 nitrogen and oxygen atoms in total. The third kappa shape index (κ3) is 4.31. The number of hydrogen-bond acceptors (Lipinski definition) is 1. The number of rotatable bonds is 0. The summed E-state index contributed by atoms with van der Waals surface area (Å²) >= 11 is 1.88. The van der Waals surface area contributed by atoms with Crippen LogP contribution in [0.2, 0.25) is 0 Å². The van der Waals surface area contributed by atoms with Crippen molar-refractivity contribution in [3.8, 4) is 0 Å². The van der Waals surface area contributed by atoms with Gasteiger partial charge in [-0.1, -0.05) is 66.7 Å². The number of hydrogen-bond donors (Lipinski definition) is 0. The molecule has 0 fully saturated rings. The van der Waals surface area contributed by atoms with Gasteiger partial charge in [-0.3, -0.25) is 0 Å². The zero-order valence-electron chi connectivity index (χ0n) is 18.3. The Morgan fingerprint density at radius 1 is 0.500 bits per heavy atom. The van der Waals surface area contributed by atoms with E-state index in [9.17, 15) is 25.2 Å². The predicted octanol–water partition coefficient (Wildman–Crippen LogP) is 10.6. The summed E-state index contributed by atoms with van der Waals surface area (Å²) in [6.45, 7) is 0. The van der Waals surface area contributed by atoms with Gasteiger partial charge in [-0.15, -0.1) is 11.3 Å². The zero-order valence-corrected chi connectivity index (χ0v) is 20.0. The minimum Gasteiger partial charge on any atom is -0.166 e. The molecule has 0 saturated heterocycles. The molecule has 0 bridgehead atoms. The predicted molar refractivity (Wildman–Crippen MR) is 139 cm³/mol. The first kappa shape index (κ1) is 23.0. The summed E-state index contributed by atoms with van der Waals surface area (Å²) in [5.74, 6) is 0. The Kier molecular flexibility index (Phi) is 4.50. The monoisotopic (exact) mass is 531 g/mol. The first-order chi connectivity index (χ1) is 16.8. The Hall–Kier alpha value is -3.48. The number of halogens is 6. The van der Waals surface area contributed by atoms with Crippen LogP contribution in [0.25, 0.3) is 58.0 Å². The largest absolute Gasteiger partial charge is 0.228 e. The van der Waals surface area contributed by atoms with Gasteiger partial charge in [0.1, 0.15) is 0 Å². The second-order valence-electron chi connectivity index (χ2n) is 8.60. The second kappa shape index (κ2) is 7.05. The van der Waals surface area contributed by atoms with Gasteiger partial charge in [0.15, 0.2) is 12.4 Å². The Bertz CT molecular complexity index is 1980. The van der Waals surface area contributed by atoms with Crippen LogP contribution < -0.4 is 4.40 Å². The van der Waals surface area contributed by atoms with E-state index in [0.717, 1.165) is 0 Å². The van der Waals surface area contributed by atoms with Crippen LogP contribution in [0, 0.1) is 0 Å². The van der Waals surface area contributed by atoms with Crippen molar-refractivity contribution in [2.24, 2.45) is 0 Å². The van der Waals surface area contributed by atoms with Crippen molar-refractivity contribution < 1.29 is 29.6 Å². The van der Waals surface area contributed by atoms with Crippen LogP contribution in [0.5, 0.6) is 0 Å². The maximum absolute atomic E-state index is 10.7. The number of thiophene rings is 1. The number of fused-ring (bicyclic) bond motifs is 11. The average Bonchev–Trinajstić information content (AvgIpc) is 3.20. The van der Waals surface area contributed by atoms with E-state index in [1.807, 2.05) is 11.3 Å². The Balaban J connectivity index is 0.000000305. The standard InChI is InChI=1S/C27H16NS.F6P/c1-2-6-20-17(5-1)9-10-18-11-12-19-13-15-28-16-14-23-26(27(28)25(19)24(18)20)21-7-3-4-8-22(21)29-23;1-7(2,3,4,5)6/h1-16H;/q+1;-1. The second-order valence-corrected chi connectivity index (χ2v) is 11.6. The normalized spacial score (nSPS) is 14.3. The van der Waals surface area contributed by atoms with E-state index in [1.165, 1.54) is 58.0 Å². The van der Waals surface area contributed by atoms with Crippen LogP contribution in [-0.2, 0) is 0 Å². The first-order valence-corrected chi connectivity index (χ1v) is 13.7. The van der Waals surface area contributed by atoms with Crippen molar-refractivity contribution >= 4 is 77.2 Å². The summed E-state index contributed by atoms with van der Waals surface area (Å²) < 4.78 is 64.2. The summed E-state index contributed by atoms with van der Waals surface area (Å²) in [5, 5.41) is 10.6. The molecule has 3 aromatic heterocycles. The maximum Gasteiger partial charge on any atom is 0.228 e. The molecule has 7 aromatic rings. The third-order valence-electron chi connectivity index (χ3n) is 6.10. The molecule has 0 atom stereocenters. The smallest absolute Gasteiger partial charge is 0.166 e. The van der Waals surface area contributed by atoms with Crippen molar-refractivity contribution in [3.05, 3.63) is 97.3 Å². The van der Waals surface area contributed by atoms with E-state index in [-0.39, 0.29) is 0 Å². The SMILES string of the molecule is F[P-](F)(F)(F)(F)F.c1ccc2c(c1)ccc1ccc3cc[n+]4ccc5sc6ccccc6c5c4c3c12. The first-order valence-electron chi connectivity index (χ1n) is 10.9. The molecule has 7 rings (SSSR count). The molecular formula is C27H16F6NPS. The van der Waals surface area contributed by atoms with E-state index >= 15 is 0 Å². The van der Waals surface area contributed by atoms with Crippen LogP contribution in [0.4, 0.5) is 25.2 Å². The fourth-order valence-corrected chi connectivity index (χ4v) is 5.93. The van der Waals surface area contributed by atoms with Gasteiger partial charge in [-0.2, -0.15) is 4.40 Å². The molecule has 9 heteroatoms. The molecule has 0 N–H and O–H groups in total. The molecule has 182 valence electrons. The van der Waals surface area contributed by atoms with Crippen molar-refractivity contribution in [1.82, 2.24) is 0 Å². The summed E-state index contributed by atoms with van der Waals surface area (Å²) in [4.78, 5) is 0. The molecule has 36 heavy (non-hydrogen) atoms. The minimum atomic E-state index is -10.7. The van der Waals surface area contributed by atoms with Crippen LogP contribution in [0.1, 0.15) is 0 Å². The Morgan fingerprint density at radius 2 is 1.06 bits per heavy atom. The van der Waals surface area contributed by atoms with Crippen LogP contribution in [0.15, 0.2) is 97.3 Å². The van der Waals surface area contributed by atoms with Crippen LogP contribution in [-0.4, -0.2) is 0 Å². The number of aromatic nitrogens is 1. The molecule has 3 heterocycles. The molecule has 0 aliphatic heterocycles. The molecule has 0 saturated carbocycles. The molecule has 4 aromatic carbocycles. The molecule has 0 radical (unpaired) electrons. The summed E-state index contributed by atoms with van der Waals surface area (Å²) in [6, 6.07) is 31.0. The molecule has 0 amide bonds. The van der Waals surface area contributed by atoms with Gasteiger partial charge in [-0.05, 0) is 27.6 Å². The van der Waals surface area contributed by atoms with E-state index in [2.05, 4.69) is 102 Å². The molecule has 0 aliphatic carbocycles. The van der Waals surface area contributed by atoms with E-state index in [1.54, 1.807) is 0 Å². The fraction of sp³-hybridized carbons (Fsp3) is 0.